The summed E-state index contributed by atoms with van der Waals surface area (Å²) in [5.74, 6) is 3.75. The van der Waals surface area contributed by atoms with Crippen LogP contribution in [0.25, 0.3) is 0 Å². The summed E-state index contributed by atoms with van der Waals surface area (Å²) in [5, 5.41) is 46.8. The summed E-state index contributed by atoms with van der Waals surface area (Å²) in [7, 11) is 0. The van der Waals surface area contributed by atoms with Gasteiger partial charge in [0.25, 0.3) is 23.0 Å². The first kappa shape index (κ1) is 103. The molecule has 0 radical (unpaired) electrons. The number of non-ortho nitro benzene ring substituents is 2. The molecule has 9 amide bonds. The molecule has 2 saturated heterocycles. The van der Waals surface area contributed by atoms with E-state index in [1.54, 1.807) is 140 Å². The van der Waals surface area contributed by atoms with Gasteiger partial charge in [0.1, 0.15) is 51.7 Å². The molecule has 9 aliphatic carbocycles. The van der Waals surface area contributed by atoms with Crippen LogP contribution in [0, 0.1) is 20.2 Å². The highest BCUT2D eigenvalue weighted by Gasteiger charge is 2.59. The third-order valence-corrected chi connectivity index (χ3v) is 28.0. The fourth-order valence-electron chi connectivity index (χ4n) is 19.4. The van der Waals surface area contributed by atoms with Crippen LogP contribution < -0.4 is 73.9 Å². The van der Waals surface area contributed by atoms with Gasteiger partial charge in [-0.2, -0.15) is 0 Å². The predicted molar refractivity (Wildman–Crippen MR) is 550 cm³/mol. The Morgan fingerprint density at radius 2 is 0.563 bits per heavy atom. The number of hydrogen-bond acceptors (Lipinski definition) is 21. The van der Waals surface area contributed by atoms with Crippen molar-refractivity contribution in [2.24, 2.45) is 0 Å². The number of halogens is 1. The van der Waals surface area contributed by atoms with E-state index in [0.717, 1.165) is 154 Å². The number of imide groups is 3. The first-order valence-corrected chi connectivity index (χ1v) is 51.4. The van der Waals surface area contributed by atoms with Gasteiger partial charge < -0.3 is 64.5 Å². The second-order valence-electron chi connectivity index (χ2n) is 37.6. The molecule has 2 aliphatic heterocycles. The van der Waals surface area contributed by atoms with E-state index in [-0.39, 0.29) is 47.6 Å². The number of nitrogens with one attached hydrogen (secondary N) is 2. The summed E-state index contributed by atoms with van der Waals surface area (Å²) < 4.78 is 47.4. The van der Waals surface area contributed by atoms with Crippen LogP contribution in [0.3, 0.4) is 0 Å². The number of alkyl halides is 1. The Labute approximate surface area is 837 Å². The van der Waals surface area contributed by atoms with E-state index < -0.39 is 45.4 Å². The second kappa shape index (κ2) is 51.1. The summed E-state index contributed by atoms with van der Waals surface area (Å²) in [6.45, 7) is 0. The molecule has 29 nitrogen and oxygen atoms in total. The van der Waals surface area contributed by atoms with Gasteiger partial charge in [0.2, 0.25) is 0 Å². The number of urea groups is 3. The highest BCUT2D eigenvalue weighted by Crippen LogP contribution is 2.44. The maximum Gasteiger partial charge on any atom is 0.343 e. The molecule has 0 bridgehead atoms. The van der Waals surface area contributed by atoms with Gasteiger partial charge >= 0.3 is 29.9 Å². The minimum Gasteiger partial charge on any atom is -0.508 e. The number of aromatic hydroxyl groups is 1. The molecule has 10 aromatic carbocycles. The van der Waals surface area contributed by atoms with E-state index in [2.05, 4.69) is 26.6 Å². The number of amides is 9. The number of benzene rings is 10. The van der Waals surface area contributed by atoms with Gasteiger partial charge in [-0.05, 0) is 412 Å². The normalized spacial score (nSPS) is 19.0. The molecule has 1 unspecified atom stereocenters. The number of nitro benzene ring substituents is 2. The average Bonchev–Trinajstić information content (AvgIpc) is 1.56. The zero-order valence-electron chi connectivity index (χ0n) is 80.2. The Morgan fingerprint density at radius 1 is 0.324 bits per heavy atom. The molecular weight excluding hydrogens is 1870 g/mol. The predicted octanol–water partition coefficient (Wildman–Crippen LogP) is 26.1. The molecule has 0 aromatic heterocycles. The lowest BCUT2D eigenvalue weighted by atomic mass is 10.0. The van der Waals surface area contributed by atoms with Gasteiger partial charge in [-0.3, -0.25) is 39.5 Å². The van der Waals surface area contributed by atoms with Crippen LogP contribution in [0.15, 0.2) is 249 Å². The number of nitrogens with zero attached hydrogens (tertiary/aromatic N) is 6. The highest BCUT2D eigenvalue weighted by atomic mass is 79.9. The highest BCUT2D eigenvalue weighted by molar-refractivity contribution is 9.09. The van der Waals surface area contributed by atoms with Gasteiger partial charge in [-0.25, -0.2) is 29.1 Å². The molecule has 11 aliphatic rings. The smallest absolute Gasteiger partial charge is 0.343 e. The van der Waals surface area contributed by atoms with Crippen molar-refractivity contribution in [1.82, 2.24) is 0 Å². The fourth-order valence-corrected chi connectivity index (χ4v) is 20.0. The Morgan fingerprint density at radius 3 is 0.831 bits per heavy atom. The van der Waals surface area contributed by atoms with Crippen LogP contribution in [0.2, 0.25) is 0 Å². The van der Waals surface area contributed by atoms with Gasteiger partial charge in [-0.1, -0.05) is 59.1 Å². The molecule has 748 valence electrons. The molecule has 142 heavy (non-hydrogen) atoms. The first-order chi connectivity index (χ1) is 69.1. The summed E-state index contributed by atoms with van der Waals surface area (Å²) in [6.07, 6.45) is 44.7. The fraction of sp³-hybridized carbons (Fsp3) is 0.411. The van der Waals surface area contributed by atoms with Crippen LogP contribution in [0.1, 0.15) is 237 Å². The van der Waals surface area contributed by atoms with Crippen molar-refractivity contribution in [2.75, 3.05) is 36.0 Å². The molecule has 30 heteroatoms. The van der Waals surface area contributed by atoms with E-state index in [1.807, 2.05) is 72.8 Å². The van der Waals surface area contributed by atoms with Gasteiger partial charge in [0.05, 0.1) is 75.7 Å². The minimum atomic E-state index is -2.20. The average molecular weight is 2000 g/mol. The Balaban J connectivity index is 0.000000133. The van der Waals surface area contributed by atoms with Crippen molar-refractivity contribution in [3.63, 3.8) is 0 Å². The number of ether oxygens (including phenoxy) is 8. The van der Waals surface area contributed by atoms with Crippen LogP contribution in [0.4, 0.5) is 65.6 Å². The Bertz CT molecular complexity index is 5560. The van der Waals surface area contributed by atoms with Crippen LogP contribution >= 0.6 is 15.9 Å². The largest absolute Gasteiger partial charge is 0.508 e. The van der Waals surface area contributed by atoms with Gasteiger partial charge in [0.15, 0.2) is 0 Å². The molecule has 1 atom stereocenters. The number of aliphatic hydroxyl groups is 1. The van der Waals surface area contributed by atoms with Crippen molar-refractivity contribution < 1.29 is 86.7 Å². The van der Waals surface area contributed by atoms with Crippen LogP contribution in [0.5, 0.6) is 51.7 Å². The van der Waals surface area contributed by atoms with E-state index in [4.69, 9.17) is 48.7 Å². The zero-order chi connectivity index (χ0) is 99.1. The number of nitrogens with two attached hydrogens (primary N) is 1. The summed E-state index contributed by atoms with van der Waals surface area (Å²) >= 11 is 3.54. The molecule has 9 saturated carbocycles. The number of anilines is 7. The number of rotatable bonds is 25. The maximum absolute atomic E-state index is 13.8. The lowest BCUT2D eigenvalue weighted by molar-refractivity contribution is -0.385. The number of carbonyl (C=O) groups is 6. The maximum atomic E-state index is 13.8. The quantitative estimate of drug-likeness (QED) is 0.00886. The molecule has 21 rings (SSSR count). The first-order valence-electron chi connectivity index (χ1n) is 50.5. The van der Waals surface area contributed by atoms with Crippen molar-refractivity contribution in [3.05, 3.63) is 275 Å². The lowest BCUT2D eigenvalue weighted by Crippen LogP contribution is -2.47. The van der Waals surface area contributed by atoms with E-state index >= 15 is 0 Å². The topological polar surface area (TPSA) is 366 Å². The molecule has 0 spiro atoms. The lowest BCUT2D eigenvalue weighted by Gasteiger charge is -2.30. The Hall–Kier alpha value is -13.7. The summed E-state index contributed by atoms with van der Waals surface area (Å²) in [4.78, 5) is 103. The number of phenols is 1. The third-order valence-electron chi connectivity index (χ3n) is 27.1. The number of nitrogen functional groups attached to an aromatic ring is 1. The zero-order valence-corrected chi connectivity index (χ0v) is 81.8. The third kappa shape index (κ3) is 29.0. The number of nitro groups is 2. The van der Waals surface area contributed by atoms with Gasteiger partial charge in [0, 0.05) is 57.4 Å². The van der Waals surface area contributed by atoms with Crippen molar-refractivity contribution in [3.8, 4) is 51.7 Å². The van der Waals surface area contributed by atoms with Crippen LogP contribution in [-0.4, -0.2) is 110 Å². The van der Waals surface area contributed by atoms with E-state index in [9.17, 15) is 54.1 Å². The number of carbonyl (C=O) groups excluding carboxylic acids is 6. The standard InChI is InChI=1S/C31H32N2O5.C25H26N2O5.C23H28N2O3.C11H13NO3.C11H15NO.C6H5NO3.C5H9Br/c34-29-31(36,22-8-2-1-3-9-22)33(24-16-20-28(21-17-24)38-26-12-6-7-13-26)30(35)32(29)23-14-18-27(19-15-23)37-25-10-4-5-11-25;28-23-24(29)27(18-11-15-22(16-12-18)32-20-7-3-4-8-20)25(30)26(23)17-9-13-21(14-10-17)31-19-5-1-2-6-19;26-23(24-17-9-13-21(14-10-17)27-19-5-1-2-6-19)25-18-11-15-22(16-12-18)28-20-7-3-4-8-20;13-12(14)9-5-7-11(8-6-9)15-10-3-1-2-4-10;12-9-5-7-11(8-6-9)13-10-3-1-2-4-10;8-6-3-1-5(2-4-6)7(9)10;6-5-3-1-2-4-5/h1-3,8-9,14-21,25-26,36H,4-7,10-13H2;9-16,19-20H,1-8H2;9-16,19-20H,1-8H2,(H2,24,25,26);5-8,10H,1-4H2;5-8,10H,1-4,12H2;1-4,8H;5H,1-4H2. The summed E-state index contributed by atoms with van der Waals surface area (Å²) in [5.41, 5.74) is 7.50. The van der Waals surface area contributed by atoms with E-state index in [1.165, 1.54) is 178 Å². The van der Waals surface area contributed by atoms with Gasteiger partial charge in [-0.15, -0.1) is 0 Å². The number of hydrogen-bond donors (Lipinski definition) is 5. The van der Waals surface area contributed by atoms with Crippen molar-refractivity contribution in [2.45, 2.75) is 291 Å². The SMILES string of the molecule is BrC1CCCC1.Nc1ccc(OC2CCCC2)cc1.O=C(Nc1ccc(OC2CCCC2)cc1)Nc1ccc(OC2CCCC2)cc1.O=C1C(=O)N(c2ccc(OC3CCCC3)cc2)C(=O)N1c1ccc(OC2CCCC2)cc1.O=C1N(c2ccc(OC3CCCC3)cc2)C(=O)C(O)(c2ccccc2)N1c1ccc(OC2CCCC2)cc1.O=[N+]([O-])c1ccc(O)cc1.O=[N+]([O-])c1ccc(OC2CCCC2)cc1. The number of phenolic OH excluding ortho intramolecular Hbond substituents is 1. The Kier molecular flexibility index (Phi) is 36.9. The molecule has 6 N–H and O–H groups in total. The second-order valence-corrected chi connectivity index (χ2v) is 38.9. The summed E-state index contributed by atoms with van der Waals surface area (Å²) in [6, 6.07) is 68.4. The van der Waals surface area contributed by atoms with Crippen LogP contribution in [-0.2, 0) is 20.1 Å². The van der Waals surface area contributed by atoms with E-state index in [0.29, 0.717) is 75.7 Å². The molecule has 10 aromatic rings. The molecule has 2 heterocycles. The molecule has 11 fully saturated rings. The minimum absolute atomic E-state index is 0.0159. The van der Waals surface area contributed by atoms with Crippen molar-refractivity contribution in [1.29, 1.82) is 0 Å². The monoisotopic (exact) mass is 2000 g/mol. The van der Waals surface area contributed by atoms with Crippen molar-refractivity contribution >= 4 is 103 Å². The molecular formula is C112H128BrN9O20.